The maximum Gasteiger partial charge on any atom is 0.310 e. The number of amides is 1. The molecule has 0 aliphatic carbocycles. The van der Waals surface area contributed by atoms with Crippen molar-refractivity contribution >= 4 is 27.6 Å². The molecule has 9 heteroatoms. The minimum Gasteiger partial charge on any atom is -0.495 e. The molecule has 0 spiro atoms. The van der Waals surface area contributed by atoms with Crippen molar-refractivity contribution in [3.8, 4) is 5.75 Å². The first-order valence-corrected chi connectivity index (χ1v) is 11.0. The molecule has 0 heterocycles. The topological polar surface area (TPSA) is 111 Å². The van der Waals surface area contributed by atoms with Crippen LogP contribution in [0.1, 0.15) is 36.2 Å². The van der Waals surface area contributed by atoms with Gasteiger partial charge in [-0.2, -0.15) is 0 Å². The smallest absolute Gasteiger partial charge is 0.310 e. The first-order chi connectivity index (χ1) is 14.3. The van der Waals surface area contributed by atoms with Crippen LogP contribution in [0.5, 0.6) is 5.75 Å². The van der Waals surface area contributed by atoms with Crippen LogP contribution < -0.4 is 14.8 Å². The summed E-state index contributed by atoms with van der Waals surface area (Å²) >= 11 is 0. The predicted octanol–water partition coefficient (Wildman–Crippen LogP) is 2.74. The summed E-state index contributed by atoms with van der Waals surface area (Å²) in [7, 11) is -2.45. The fourth-order valence-corrected chi connectivity index (χ4v) is 3.96. The van der Waals surface area contributed by atoms with Crippen LogP contribution in [-0.4, -0.2) is 40.6 Å². The number of anilines is 1. The predicted molar refractivity (Wildman–Crippen MR) is 113 cm³/mol. The number of methoxy groups -OCH3 is 1. The van der Waals surface area contributed by atoms with E-state index < -0.39 is 15.9 Å². The Morgan fingerprint density at radius 1 is 1.03 bits per heavy atom. The van der Waals surface area contributed by atoms with Gasteiger partial charge in [-0.15, -0.1) is 0 Å². The van der Waals surface area contributed by atoms with Crippen LogP contribution in [0.25, 0.3) is 0 Å². The molecule has 2 rings (SSSR count). The molecule has 2 aromatic carbocycles. The molecular weight excluding hydrogens is 408 g/mol. The molecule has 2 N–H and O–H groups in total. The van der Waals surface area contributed by atoms with Gasteiger partial charge in [-0.3, -0.25) is 9.59 Å². The maximum absolute atomic E-state index is 12.6. The van der Waals surface area contributed by atoms with E-state index in [0.29, 0.717) is 18.7 Å². The van der Waals surface area contributed by atoms with Crippen LogP contribution in [0.4, 0.5) is 5.69 Å². The Morgan fingerprint density at radius 2 is 1.73 bits per heavy atom. The number of ether oxygens (including phenoxy) is 2. The number of carbonyl (C=O) groups excluding carboxylic acids is 2. The number of rotatable bonds is 10. The van der Waals surface area contributed by atoms with Crippen molar-refractivity contribution < 1.29 is 27.5 Å². The van der Waals surface area contributed by atoms with Gasteiger partial charge in [-0.25, -0.2) is 13.1 Å². The lowest BCUT2D eigenvalue weighted by Crippen LogP contribution is -2.25. The van der Waals surface area contributed by atoms with Gasteiger partial charge in [0.05, 0.1) is 20.1 Å². The summed E-state index contributed by atoms with van der Waals surface area (Å²) in [6.07, 6.45) is 0.778. The van der Waals surface area contributed by atoms with Gasteiger partial charge in [0, 0.05) is 17.8 Å². The quantitative estimate of drug-likeness (QED) is 0.556. The zero-order valence-corrected chi connectivity index (χ0v) is 18.0. The average Bonchev–Trinajstić information content (AvgIpc) is 2.73. The molecule has 0 saturated carbocycles. The van der Waals surface area contributed by atoms with Gasteiger partial charge >= 0.3 is 5.97 Å². The van der Waals surface area contributed by atoms with Crippen molar-refractivity contribution in [1.82, 2.24) is 4.72 Å². The summed E-state index contributed by atoms with van der Waals surface area (Å²) in [6, 6.07) is 11.0. The zero-order valence-electron chi connectivity index (χ0n) is 17.2. The second kappa shape index (κ2) is 10.7. The molecule has 162 valence electrons. The summed E-state index contributed by atoms with van der Waals surface area (Å²) in [5.74, 6) is -0.640. The Balaban J connectivity index is 2.17. The Morgan fingerprint density at radius 3 is 2.33 bits per heavy atom. The van der Waals surface area contributed by atoms with Crippen LogP contribution in [-0.2, 0) is 26.0 Å². The van der Waals surface area contributed by atoms with Gasteiger partial charge < -0.3 is 14.8 Å². The minimum atomic E-state index is -3.81. The number of benzene rings is 2. The largest absolute Gasteiger partial charge is 0.495 e. The maximum atomic E-state index is 12.6. The molecule has 0 atom stereocenters. The second-order valence-electron chi connectivity index (χ2n) is 6.40. The van der Waals surface area contributed by atoms with Crippen molar-refractivity contribution in [3.05, 3.63) is 53.6 Å². The summed E-state index contributed by atoms with van der Waals surface area (Å²) < 4.78 is 37.5. The molecule has 0 saturated heterocycles. The standard InChI is InChI=1S/C21H26N2O6S/c1-4-12-22-30(26,27)19-14-16(8-11-18(19)28-3)21(25)23-17-9-6-15(7-10-17)13-20(24)29-5-2/h6-11,14,22H,4-5,12-13H2,1-3H3,(H,23,25). The van der Waals surface area contributed by atoms with E-state index in [1.54, 1.807) is 31.2 Å². The second-order valence-corrected chi connectivity index (χ2v) is 8.13. The molecule has 0 unspecified atom stereocenters. The molecule has 0 bridgehead atoms. The fraction of sp³-hybridized carbons (Fsp3) is 0.333. The van der Waals surface area contributed by atoms with E-state index in [1.807, 2.05) is 6.92 Å². The van der Waals surface area contributed by atoms with Gasteiger partial charge in [-0.1, -0.05) is 19.1 Å². The summed E-state index contributed by atoms with van der Waals surface area (Å²) in [4.78, 5) is 24.0. The molecule has 0 aliphatic rings. The molecule has 0 aliphatic heterocycles. The van der Waals surface area contributed by atoms with Crippen molar-refractivity contribution in [2.24, 2.45) is 0 Å². The number of hydrogen-bond donors (Lipinski definition) is 2. The number of carbonyl (C=O) groups is 2. The van der Waals surface area contributed by atoms with Crippen molar-refractivity contribution in [2.75, 3.05) is 25.6 Å². The van der Waals surface area contributed by atoms with Crippen LogP contribution in [0.15, 0.2) is 47.4 Å². The molecule has 0 radical (unpaired) electrons. The molecular formula is C21H26N2O6S. The summed E-state index contributed by atoms with van der Waals surface area (Å²) in [5.41, 5.74) is 1.44. The van der Waals surface area contributed by atoms with Crippen LogP contribution in [0.2, 0.25) is 0 Å². The first kappa shape index (κ1) is 23.4. The van der Waals surface area contributed by atoms with Gasteiger partial charge in [0.2, 0.25) is 10.0 Å². The van der Waals surface area contributed by atoms with Gasteiger partial charge in [0.1, 0.15) is 10.6 Å². The van der Waals surface area contributed by atoms with Gasteiger partial charge in [0.25, 0.3) is 5.91 Å². The Kier molecular flexibility index (Phi) is 8.37. The summed E-state index contributed by atoms with van der Waals surface area (Å²) in [5, 5.41) is 2.71. The van der Waals surface area contributed by atoms with Crippen molar-refractivity contribution in [2.45, 2.75) is 31.6 Å². The van der Waals surface area contributed by atoms with Crippen LogP contribution in [0.3, 0.4) is 0 Å². The Hall–Kier alpha value is -2.91. The number of sulfonamides is 1. The van der Waals surface area contributed by atoms with Gasteiger partial charge in [0.15, 0.2) is 0 Å². The van der Waals surface area contributed by atoms with E-state index >= 15 is 0 Å². The molecule has 0 aromatic heterocycles. The van der Waals surface area contributed by atoms with E-state index in [2.05, 4.69) is 10.0 Å². The van der Waals surface area contributed by atoms with Crippen LogP contribution in [0, 0.1) is 0 Å². The zero-order chi connectivity index (χ0) is 22.1. The van der Waals surface area contributed by atoms with E-state index in [4.69, 9.17) is 9.47 Å². The fourth-order valence-electron chi connectivity index (χ4n) is 2.63. The highest BCUT2D eigenvalue weighted by molar-refractivity contribution is 7.89. The first-order valence-electron chi connectivity index (χ1n) is 9.54. The third kappa shape index (κ3) is 6.30. The van der Waals surface area contributed by atoms with E-state index in [0.717, 1.165) is 5.56 Å². The van der Waals surface area contributed by atoms with E-state index in [1.165, 1.54) is 25.3 Å². The van der Waals surface area contributed by atoms with E-state index in [9.17, 15) is 18.0 Å². The lowest BCUT2D eigenvalue weighted by atomic mass is 10.1. The van der Waals surface area contributed by atoms with Crippen molar-refractivity contribution in [3.63, 3.8) is 0 Å². The third-order valence-electron chi connectivity index (χ3n) is 4.12. The number of hydrogen-bond acceptors (Lipinski definition) is 6. The average molecular weight is 435 g/mol. The Labute approximate surface area is 176 Å². The van der Waals surface area contributed by atoms with E-state index in [-0.39, 0.29) is 35.1 Å². The highest BCUT2D eigenvalue weighted by atomic mass is 32.2. The highest BCUT2D eigenvalue weighted by Gasteiger charge is 2.21. The van der Waals surface area contributed by atoms with Crippen LogP contribution >= 0.6 is 0 Å². The lowest BCUT2D eigenvalue weighted by molar-refractivity contribution is -0.142. The van der Waals surface area contributed by atoms with Crippen molar-refractivity contribution in [1.29, 1.82) is 0 Å². The minimum absolute atomic E-state index is 0.101. The monoisotopic (exact) mass is 434 g/mol. The third-order valence-corrected chi connectivity index (χ3v) is 5.61. The molecule has 8 nitrogen and oxygen atoms in total. The molecule has 0 fully saturated rings. The number of esters is 1. The lowest BCUT2D eigenvalue weighted by Gasteiger charge is -2.12. The normalized spacial score (nSPS) is 11.0. The number of nitrogens with one attached hydrogen (secondary N) is 2. The summed E-state index contributed by atoms with van der Waals surface area (Å²) in [6.45, 7) is 4.19. The highest BCUT2D eigenvalue weighted by Crippen LogP contribution is 2.25. The SMILES string of the molecule is CCCNS(=O)(=O)c1cc(C(=O)Nc2ccc(CC(=O)OCC)cc2)ccc1OC. The molecule has 2 aromatic rings. The Bertz CT molecular complexity index is 987. The molecule has 30 heavy (non-hydrogen) atoms. The molecule has 1 amide bonds. The van der Waals surface area contributed by atoms with Gasteiger partial charge in [-0.05, 0) is 49.2 Å².